The summed E-state index contributed by atoms with van der Waals surface area (Å²) in [7, 11) is -1.58. The van der Waals surface area contributed by atoms with Gasteiger partial charge in [0, 0.05) is 25.1 Å². The van der Waals surface area contributed by atoms with Crippen LogP contribution in [0.25, 0.3) is 0 Å². The lowest BCUT2D eigenvalue weighted by molar-refractivity contribution is 0.388. The molecule has 17 heavy (non-hydrogen) atoms. The summed E-state index contributed by atoms with van der Waals surface area (Å²) in [5, 5.41) is 0. The van der Waals surface area contributed by atoms with E-state index in [0.717, 1.165) is 11.3 Å². The summed E-state index contributed by atoms with van der Waals surface area (Å²) in [5.74, 6) is 0.547. The van der Waals surface area contributed by atoms with Gasteiger partial charge in [0.1, 0.15) is 6.33 Å². The van der Waals surface area contributed by atoms with Crippen LogP contribution in [0.2, 0.25) is 0 Å². The molecule has 0 fully saturated rings. The van der Waals surface area contributed by atoms with Crippen molar-refractivity contribution in [3.05, 3.63) is 17.6 Å². The fourth-order valence-electron chi connectivity index (χ4n) is 1.98. The Morgan fingerprint density at radius 2 is 2.00 bits per heavy atom. The molecule has 0 bridgehead atoms. The molecular formula is C10H15N3O3S. The normalized spacial score (nSPS) is 17.3. The first-order valence-corrected chi connectivity index (χ1v) is 7.19. The molecule has 0 aliphatic carbocycles. The maximum absolute atomic E-state index is 11.5. The van der Waals surface area contributed by atoms with Crippen LogP contribution in [-0.4, -0.2) is 49.1 Å². The number of sulfonamides is 1. The highest BCUT2D eigenvalue weighted by molar-refractivity contribution is 7.88. The van der Waals surface area contributed by atoms with Crippen LogP contribution in [0.15, 0.2) is 6.33 Å². The molecule has 0 spiro atoms. The lowest BCUT2D eigenvalue weighted by atomic mass is 10.1. The number of ether oxygens (including phenoxy) is 1. The Kier molecular flexibility index (Phi) is 3.30. The van der Waals surface area contributed by atoms with Gasteiger partial charge >= 0.3 is 0 Å². The van der Waals surface area contributed by atoms with E-state index in [0.29, 0.717) is 31.8 Å². The van der Waals surface area contributed by atoms with Gasteiger partial charge in [0.25, 0.3) is 0 Å². The van der Waals surface area contributed by atoms with Gasteiger partial charge in [-0.15, -0.1) is 0 Å². The van der Waals surface area contributed by atoms with Crippen molar-refractivity contribution in [3.8, 4) is 5.88 Å². The molecule has 2 heterocycles. The average Bonchev–Trinajstić information content (AvgIpc) is 2.49. The molecular weight excluding hydrogens is 242 g/mol. The molecule has 0 saturated heterocycles. The van der Waals surface area contributed by atoms with E-state index in [1.165, 1.54) is 16.9 Å². The molecule has 1 aliphatic heterocycles. The number of hydrogen-bond donors (Lipinski definition) is 0. The first-order valence-electron chi connectivity index (χ1n) is 5.34. The zero-order valence-electron chi connectivity index (χ0n) is 9.88. The van der Waals surface area contributed by atoms with Gasteiger partial charge in [-0.2, -0.15) is 0 Å². The predicted octanol–water partition coefficient (Wildman–Crippen LogP) is -0.155. The number of fused-ring (bicyclic) bond motifs is 1. The van der Waals surface area contributed by atoms with Crippen molar-refractivity contribution in [1.29, 1.82) is 0 Å². The standard InChI is InChI=1S/C10H15N3O3S/c1-16-10-8-3-5-13(17(2,14)15)6-4-9(8)11-7-12-10/h7H,3-6H2,1-2H3. The second-order valence-electron chi connectivity index (χ2n) is 3.97. The van der Waals surface area contributed by atoms with Crippen molar-refractivity contribution in [2.45, 2.75) is 12.8 Å². The van der Waals surface area contributed by atoms with Gasteiger partial charge in [0.05, 0.1) is 19.1 Å². The first-order chi connectivity index (χ1) is 8.02. The molecule has 1 aromatic rings. The Bertz CT molecular complexity index is 516. The van der Waals surface area contributed by atoms with Crippen LogP contribution >= 0.6 is 0 Å². The highest BCUT2D eigenvalue weighted by Crippen LogP contribution is 2.22. The summed E-state index contributed by atoms with van der Waals surface area (Å²) in [5.41, 5.74) is 1.80. The number of nitrogens with zero attached hydrogens (tertiary/aromatic N) is 3. The summed E-state index contributed by atoms with van der Waals surface area (Å²) >= 11 is 0. The largest absolute Gasteiger partial charge is 0.481 e. The Hall–Kier alpha value is -1.21. The predicted molar refractivity (Wildman–Crippen MR) is 62.4 cm³/mol. The van der Waals surface area contributed by atoms with Crippen LogP contribution in [0.1, 0.15) is 11.3 Å². The van der Waals surface area contributed by atoms with Gasteiger partial charge in [-0.25, -0.2) is 22.7 Å². The van der Waals surface area contributed by atoms with Crippen molar-refractivity contribution < 1.29 is 13.2 Å². The second kappa shape index (κ2) is 4.58. The molecule has 0 unspecified atom stereocenters. The van der Waals surface area contributed by atoms with Crippen molar-refractivity contribution >= 4 is 10.0 Å². The third-order valence-corrected chi connectivity index (χ3v) is 4.17. The molecule has 7 heteroatoms. The molecule has 1 aromatic heterocycles. The lowest BCUT2D eigenvalue weighted by Crippen LogP contribution is -2.32. The first kappa shape index (κ1) is 12.3. The van der Waals surface area contributed by atoms with Crippen LogP contribution in [-0.2, 0) is 22.9 Å². The summed E-state index contributed by atoms with van der Waals surface area (Å²) in [6.07, 6.45) is 3.87. The van der Waals surface area contributed by atoms with E-state index < -0.39 is 10.0 Å². The summed E-state index contributed by atoms with van der Waals surface area (Å²) < 4.78 is 29.6. The highest BCUT2D eigenvalue weighted by Gasteiger charge is 2.23. The van der Waals surface area contributed by atoms with E-state index in [9.17, 15) is 8.42 Å². The quantitative estimate of drug-likeness (QED) is 0.736. The van der Waals surface area contributed by atoms with Crippen LogP contribution in [0.4, 0.5) is 0 Å². The molecule has 94 valence electrons. The second-order valence-corrected chi connectivity index (χ2v) is 5.95. The minimum absolute atomic E-state index is 0.454. The molecule has 0 saturated carbocycles. The molecule has 1 aliphatic rings. The molecule has 0 radical (unpaired) electrons. The molecule has 2 rings (SSSR count). The van der Waals surface area contributed by atoms with Crippen LogP contribution in [0, 0.1) is 0 Å². The summed E-state index contributed by atoms with van der Waals surface area (Å²) in [6, 6.07) is 0. The lowest BCUT2D eigenvalue weighted by Gasteiger charge is -2.16. The van der Waals surface area contributed by atoms with Gasteiger partial charge in [-0.05, 0) is 6.42 Å². The van der Waals surface area contributed by atoms with Crippen LogP contribution in [0.5, 0.6) is 5.88 Å². The minimum atomic E-state index is -3.14. The maximum Gasteiger partial charge on any atom is 0.219 e. The summed E-state index contributed by atoms with van der Waals surface area (Å²) in [6.45, 7) is 0.918. The van der Waals surface area contributed by atoms with E-state index in [-0.39, 0.29) is 0 Å². The van der Waals surface area contributed by atoms with E-state index in [2.05, 4.69) is 9.97 Å². The van der Waals surface area contributed by atoms with E-state index >= 15 is 0 Å². The van der Waals surface area contributed by atoms with Gasteiger partial charge in [0.2, 0.25) is 15.9 Å². The average molecular weight is 257 g/mol. The Morgan fingerprint density at radius 1 is 1.29 bits per heavy atom. The fourth-order valence-corrected chi connectivity index (χ4v) is 2.83. The molecule has 6 nitrogen and oxygen atoms in total. The Balaban J connectivity index is 2.30. The van der Waals surface area contributed by atoms with E-state index in [1.54, 1.807) is 7.11 Å². The maximum atomic E-state index is 11.5. The smallest absolute Gasteiger partial charge is 0.219 e. The number of rotatable bonds is 2. The Morgan fingerprint density at radius 3 is 2.65 bits per heavy atom. The SMILES string of the molecule is COc1ncnc2c1CCN(S(C)(=O)=O)CC2. The topological polar surface area (TPSA) is 72.4 Å². The van der Waals surface area contributed by atoms with Crippen molar-refractivity contribution in [3.63, 3.8) is 0 Å². The summed E-state index contributed by atoms with van der Waals surface area (Å²) in [4.78, 5) is 8.23. The number of aromatic nitrogens is 2. The van der Waals surface area contributed by atoms with Crippen LogP contribution in [0.3, 0.4) is 0 Å². The minimum Gasteiger partial charge on any atom is -0.481 e. The molecule has 0 atom stereocenters. The van der Waals surface area contributed by atoms with Gasteiger partial charge in [-0.3, -0.25) is 0 Å². The van der Waals surface area contributed by atoms with Crippen molar-refractivity contribution in [1.82, 2.24) is 14.3 Å². The highest BCUT2D eigenvalue weighted by atomic mass is 32.2. The number of methoxy groups -OCH3 is 1. The molecule has 0 N–H and O–H groups in total. The molecule has 0 amide bonds. The number of hydrogen-bond acceptors (Lipinski definition) is 5. The third-order valence-electron chi connectivity index (χ3n) is 2.87. The monoisotopic (exact) mass is 257 g/mol. The van der Waals surface area contributed by atoms with Gasteiger partial charge < -0.3 is 4.74 Å². The van der Waals surface area contributed by atoms with Crippen LogP contribution < -0.4 is 4.74 Å². The fraction of sp³-hybridized carbons (Fsp3) is 0.600. The van der Waals surface area contributed by atoms with E-state index in [1.807, 2.05) is 0 Å². The van der Waals surface area contributed by atoms with Crippen molar-refractivity contribution in [2.75, 3.05) is 26.5 Å². The van der Waals surface area contributed by atoms with E-state index in [4.69, 9.17) is 4.74 Å². The Labute approximate surface area is 101 Å². The zero-order chi connectivity index (χ0) is 12.5. The van der Waals surface area contributed by atoms with Gasteiger partial charge in [0.15, 0.2) is 0 Å². The van der Waals surface area contributed by atoms with Gasteiger partial charge in [-0.1, -0.05) is 0 Å². The zero-order valence-corrected chi connectivity index (χ0v) is 10.7. The van der Waals surface area contributed by atoms with Crippen molar-refractivity contribution in [2.24, 2.45) is 0 Å². The molecule has 0 aromatic carbocycles. The third kappa shape index (κ3) is 2.55.